The quantitative estimate of drug-likeness (QED) is 0.785. The van der Waals surface area contributed by atoms with Crippen LogP contribution in [0.1, 0.15) is 24.8 Å². The van der Waals surface area contributed by atoms with E-state index in [0.29, 0.717) is 5.22 Å². The van der Waals surface area contributed by atoms with E-state index < -0.39 is 0 Å². The van der Waals surface area contributed by atoms with Gasteiger partial charge < -0.3 is 10.2 Å². The monoisotopic (exact) mass is 185 g/mol. The number of hydrogen-bond acceptors (Lipinski definition) is 2. The van der Waals surface area contributed by atoms with Crippen molar-refractivity contribution < 1.29 is 4.42 Å². The fourth-order valence-electron chi connectivity index (χ4n) is 1.28. The molecule has 1 saturated carbocycles. The fraction of sp³-hybridized carbons (Fsp3) is 0.556. The van der Waals surface area contributed by atoms with Gasteiger partial charge in [0.25, 0.3) is 0 Å². The Kier molecular flexibility index (Phi) is 1.89. The Morgan fingerprint density at radius 3 is 2.83 bits per heavy atom. The number of furan rings is 1. The summed E-state index contributed by atoms with van der Waals surface area (Å²) in [6.07, 6.45) is 6.06. The number of aryl methyl sites for hydroxylation is 1. The molecule has 1 aromatic rings. The highest BCUT2D eigenvalue weighted by atomic mass is 35.5. The first-order valence-electron chi connectivity index (χ1n) is 4.20. The molecule has 0 spiro atoms. The van der Waals surface area contributed by atoms with E-state index in [1.165, 1.54) is 12.8 Å². The summed E-state index contributed by atoms with van der Waals surface area (Å²) in [4.78, 5) is 0. The predicted octanol–water partition coefficient (Wildman–Crippen LogP) is 2.36. The van der Waals surface area contributed by atoms with E-state index in [1.807, 2.05) is 6.07 Å². The molecule has 1 aromatic heterocycles. The number of nitrogens with two attached hydrogens (primary N) is 1. The minimum absolute atomic E-state index is 0.129. The molecule has 1 heterocycles. The van der Waals surface area contributed by atoms with Gasteiger partial charge in [-0.1, -0.05) is 0 Å². The lowest BCUT2D eigenvalue weighted by Gasteiger charge is -2.05. The van der Waals surface area contributed by atoms with Gasteiger partial charge in [0, 0.05) is 5.54 Å². The molecule has 0 unspecified atom stereocenters. The molecule has 0 amide bonds. The zero-order chi connectivity index (χ0) is 8.60. The van der Waals surface area contributed by atoms with Crippen LogP contribution in [0.4, 0.5) is 0 Å². The first-order chi connectivity index (χ1) is 5.68. The third-order valence-corrected chi connectivity index (χ3v) is 2.62. The SMILES string of the molecule is NC1(CCc2coc(Cl)c2)CC1. The van der Waals surface area contributed by atoms with E-state index in [2.05, 4.69) is 0 Å². The number of hydrogen-bond donors (Lipinski definition) is 1. The van der Waals surface area contributed by atoms with Gasteiger partial charge in [0.05, 0.1) is 6.26 Å². The third kappa shape index (κ3) is 1.82. The summed E-state index contributed by atoms with van der Waals surface area (Å²) in [5.74, 6) is 0. The van der Waals surface area contributed by atoms with Gasteiger partial charge in [-0.05, 0) is 48.9 Å². The molecule has 0 atom stereocenters. The van der Waals surface area contributed by atoms with Crippen molar-refractivity contribution >= 4 is 11.6 Å². The highest BCUT2D eigenvalue weighted by Crippen LogP contribution is 2.36. The largest absolute Gasteiger partial charge is 0.453 e. The first kappa shape index (κ1) is 8.14. The fourth-order valence-corrected chi connectivity index (χ4v) is 1.47. The Morgan fingerprint density at radius 1 is 1.58 bits per heavy atom. The molecule has 0 saturated heterocycles. The first-order valence-corrected chi connectivity index (χ1v) is 4.58. The van der Waals surface area contributed by atoms with Gasteiger partial charge in [-0.2, -0.15) is 0 Å². The van der Waals surface area contributed by atoms with Crippen molar-refractivity contribution in [3.8, 4) is 0 Å². The average molecular weight is 186 g/mol. The zero-order valence-electron chi connectivity index (χ0n) is 6.85. The van der Waals surface area contributed by atoms with Crippen molar-refractivity contribution in [2.45, 2.75) is 31.2 Å². The molecule has 0 radical (unpaired) electrons. The Labute approximate surface area is 76.7 Å². The van der Waals surface area contributed by atoms with Crippen LogP contribution in [0.15, 0.2) is 16.7 Å². The van der Waals surface area contributed by atoms with Gasteiger partial charge in [0.2, 0.25) is 0 Å². The Bertz CT molecular complexity index is 278. The van der Waals surface area contributed by atoms with Crippen LogP contribution in [0, 0.1) is 0 Å². The van der Waals surface area contributed by atoms with Crippen LogP contribution >= 0.6 is 11.6 Å². The van der Waals surface area contributed by atoms with Crippen molar-refractivity contribution in [1.29, 1.82) is 0 Å². The minimum atomic E-state index is 0.129. The molecule has 1 aliphatic carbocycles. The molecule has 66 valence electrons. The summed E-state index contributed by atoms with van der Waals surface area (Å²) >= 11 is 5.63. The van der Waals surface area contributed by atoms with Gasteiger partial charge in [-0.15, -0.1) is 0 Å². The molecular formula is C9H12ClNO. The lowest BCUT2D eigenvalue weighted by Crippen LogP contribution is -2.21. The number of rotatable bonds is 3. The van der Waals surface area contributed by atoms with Crippen LogP contribution in [-0.2, 0) is 6.42 Å². The topological polar surface area (TPSA) is 39.2 Å². The maximum atomic E-state index is 5.94. The van der Waals surface area contributed by atoms with E-state index in [0.717, 1.165) is 18.4 Å². The normalized spacial score (nSPS) is 19.5. The second-order valence-corrected chi connectivity index (χ2v) is 3.99. The second-order valence-electron chi connectivity index (χ2n) is 3.62. The van der Waals surface area contributed by atoms with Crippen molar-refractivity contribution in [3.63, 3.8) is 0 Å². The smallest absolute Gasteiger partial charge is 0.193 e. The Balaban J connectivity index is 1.87. The Hall–Kier alpha value is -0.470. The van der Waals surface area contributed by atoms with Crippen LogP contribution < -0.4 is 5.73 Å². The van der Waals surface area contributed by atoms with Gasteiger partial charge in [0.1, 0.15) is 0 Å². The number of halogens is 1. The third-order valence-electron chi connectivity index (χ3n) is 2.43. The van der Waals surface area contributed by atoms with Gasteiger partial charge in [-0.3, -0.25) is 0 Å². The van der Waals surface area contributed by atoms with Crippen molar-refractivity contribution in [1.82, 2.24) is 0 Å². The lowest BCUT2D eigenvalue weighted by molar-refractivity contribution is 0.559. The van der Waals surface area contributed by atoms with E-state index in [9.17, 15) is 0 Å². The van der Waals surface area contributed by atoms with Crippen LogP contribution in [-0.4, -0.2) is 5.54 Å². The predicted molar refractivity (Wildman–Crippen MR) is 48.2 cm³/mol. The summed E-state index contributed by atoms with van der Waals surface area (Å²) in [5, 5.41) is 0.465. The van der Waals surface area contributed by atoms with Crippen molar-refractivity contribution in [3.05, 3.63) is 23.1 Å². The second kappa shape index (κ2) is 2.79. The van der Waals surface area contributed by atoms with E-state index in [-0.39, 0.29) is 5.54 Å². The lowest BCUT2D eigenvalue weighted by atomic mass is 10.1. The van der Waals surface area contributed by atoms with Crippen molar-refractivity contribution in [2.24, 2.45) is 5.73 Å². The maximum Gasteiger partial charge on any atom is 0.193 e. The molecule has 2 N–H and O–H groups in total. The van der Waals surface area contributed by atoms with E-state index in [1.54, 1.807) is 6.26 Å². The van der Waals surface area contributed by atoms with E-state index in [4.69, 9.17) is 21.8 Å². The van der Waals surface area contributed by atoms with E-state index >= 15 is 0 Å². The molecular weight excluding hydrogens is 174 g/mol. The molecule has 12 heavy (non-hydrogen) atoms. The highest BCUT2D eigenvalue weighted by molar-refractivity contribution is 6.28. The van der Waals surface area contributed by atoms with Gasteiger partial charge >= 0.3 is 0 Å². The van der Waals surface area contributed by atoms with Crippen LogP contribution in [0.2, 0.25) is 5.22 Å². The summed E-state index contributed by atoms with van der Waals surface area (Å²) in [5.41, 5.74) is 7.22. The molecule has 0 bridgehead atoms. The van der Waals surface area contributed by atoms with Crippen molar-refractivity contribution in [2.75, 3.05) is 0 Å². The molecule has 1 fully saturated rings. The molecule has 1 aliphatic rings. The minimum Gasteiger partial charge on any atom is -0.453 e. The van der Waals surface area contributed by atoms with Gasteiger partial charge in [-0.25, -0.2) is 0 Å². The Morgan fingerprint density at radius 2 is 2.33 bits per heavy atom. The summed E-state index contributed by atoms with van der Waals surface area (Å²) in [6.45, 7) is 0. The molecule has 0 aliphatic heterocycles. The standard InChI is InChI=1S/C9H12ClNO/c10-8-5-7(6-12-8)1-2-9(11)3-4-9/h5-6H,1-4,11H2. The summed E-state index contributed by atoms with van der Waals surface area (Å²) in [6, 6.07) is 1.85. The summed E-state index contributed by atoms with van der Waals surface area (Å²) < 4.78 is 4.97. The maximum absolute atomic E-state index is 5.94. The summed E-state index contributed by atoms with van der Waals surface area (Å²) in [7, 11) is 0. The zero-order valence-corrected chi connectivity index (χ0v) is 7.60. The molecule has 0 aromatic carbocycles. The molecule has 2 rings (SSSR count). The average Bonchev–Trinajstić information content (AvgIpc) is 2.60. The van der Waals surface area contributed by atoms with Gasteiger partial charge in [0.15, 0.2) is 5.22 Å². The molecule has 2 nitrogen and oxygen atoms in total. The van der Waals surface area contributed by atoms with Crippen LogP contribution in [0.5, 0.6) is 0 Å². The van der Waals surface area contributed by atoms with Crippen LogP contribution in [0.3, 0.4) is 0 Å². The molecule has 3 heteroatoms. The van der Waals surface area contributed by atoms with Crippen LogP contribution in [0.25, 0.3) is 0 Å². The highest BCUT2D eigenvalue weighted by Gasteiger charge is 2.37.